The maximum absolute atomic E-state index is 12.0. The monoisotopic (exact) mass is 346 g/mol. The predicted octanol–water partition coefficient (Wildman–Crippen LogP) is 4.83. The summed E-state index contributed by atoms with van der Waals surface area (Å²) in [6, 6.07) is 15.9. The van der Waals surface area contributed by atoms with Crippen LogP contribution in [0, 0.1) is 0 Å². The summed E-state index contributed by atoms with van der Waals surface area (Å²) in [5, 5.41) is 7.90. The molecule has 0 radical (unpaired) electrons. The third-order valence-corrected chi connectivity index (χ3v) is 3.62. The van der Waals surface area contributed by atoms with Crippen LogP contribution >= 0.6 is 23.2 Å². The molecule has 1 N–H and O–H groups in total. The maximum atomic E-state index is 12.0. The lowest BCUT2D eigenvalue weighted by Crippen LogP contribution is -2.14. The second kappa shape index (κ2) is 6.86. The number of nitrogens with one attached hydrogen (secondary N) is 1. The van der Waals surface area contributed by atoms with Crippen molar-refractivity contribution in [3.63, 3.8) is 0 Å². The molecule has 1 heterocycles. The summed E-state index contributed by atoms with van der Waals surface area (Å²) >= 11 is 11.7. The van der Waals surface area contributed by atoms with Crippen LogP contribution in [0.3, 0.4) is 0 Å². The third kappa shape index (κ3) is 4.12. The molecule has 1 aromatic heterocycles. The molecule has 0 spiro atoms. The molecule has 3 aromatic rings. The third-order valence-electron chi connectivity index (χ3n) is 3.14. The molecule has 4 nitrogen and oxygen atoms in total. The second-order valence-electron chi connectivity index (χ2n) is 4.92. The van der Waals surface area contributed by atoms with Crippen LogP contribution in [-0.2, 0) is 11.2 Å². The van der Waals surface area contributed by atoms with Gasteiger partial charge in [0.25, 0.3) is 0 Å². The molecule has 0 aliphatic carbocycles. The van der Waals surface area contributed by atoms with E-state index < -0.39 is 0 Å². The summed E-state index contributed by atoms with van der Waals surface area (Å²) < 4.78 is 5.27. The van der Waals surface area contributed by atoms with Crippen LogP contribution in [0.25, 0.3) is 11.3 Å². The SMILES string of the molecule is O=C(Cc1cc(-c2ccc(Cl)cc2)on1)Nc1cccc(Cl)c1. The van der Waals surface area contributed by atoms with Crippen molar-refractivity contribution in [2.45, 2.75) is 6.42 Å². The van der Waals surface area contributed by atoms with Gasteiger partial charge >= 0.3 is 0 Å². The summed E-state index contributed by atoms with van der Waals surface area (Å²) in [4.78, 5) is 12.0. The zero-order valence-corrected chi connectivity index (χ0v) is 13.4. The second-order valence-corrected chi connectivity index (χ2v) is 5.80. The number of halogens is 2. The van der Waals surface area contributed by atoms with Crippen molar-refractivity contribution in [3.05, 3.63) is 70.3 Å². The van der Waals surface area contributed by atoms with Crippen molar-refractivity contribution in [1.82, 2.24) is 5.16 Å². The molecule has 0 bridgehead atoms. The summed E-state index contributed by atoms with van der Waals surface area (Å²) in [6.07, 6.45) is 0.115. The number of nitrogens with zero attached hydrogens (tertiary/aromatic N) is 1. The number of rotatable bonds is 4. The first kappa shape index (κ1) is 15.6. The van der Waals surface area contributed by atoms with E-state index in [1.54, 1.807) is 42.5 Å². The number of amides is 1. The Bertz CT molecular complexity index is 829. The van der Waals surface area contributed by atoms with Crippen LogP contribution in [0.15, 0.2) is 59.1 Å². The molecule has 0 saturated carbocycles. The van der Waals surface area contributed by atoms with Gasteiger partial charge in [0.15, 0.2) is 5.76 Å². The van der Waals surface area contributed by atoms with Crippen LogP contribution in [0.2, 0.25) is 10.0 Å². The fraction of sp³-hybridized carbons (Fsp3) is 0.0588. The first-order chi connectivity index (χ1) is 11.1. The van der Waals surface area contributed by atoms with E-state index in [9.17, 15) is 4.79 Å². The minimum absolute atomic E-state index is 0.115. The molecule has 116 valence electrons. The van der Waals surface area contributed by atoms with E-state index in [1.165, 1.54) is 0 Å². The van der Waals surface area contributed by atoms with Gasteiger partial charge in [0.05, 0.1) is 12.1 Å². The summed E-state index contributed by atoms with van der Waals surface area (Å²) in [5.41, 5.74) is 2.04. The zero-order chi connectivity index (χ0) is 16.2. The summed E-state index contributed by atoms with van der Waals surface area (Å²) in [6.45, 7) is 0. The average molecular weight is 347 g/mol. The summed E-state index contributed by atoms with van der Waals surface area (Å²) in [5.74, 6) is 0.399. The molecule has 0 fully saturated rings. The van der Waals surface area contributed by atoms with Gasteiger partial charge in [-0.2, -0.15) is 0 Å². The number of carbonyl (C=O) groups excluding carboxylic acids is 1. The molecule has 0 aliphatic heterocycles. The lowest BCUT2D eigenvalue weighted by Gasteiger charge is -2.03. The minimum atomic E-state index is -0.191. The van der Waals surface area contributed by atoms with Crippen LogP contribution in [-0.4, -0.2) is 11.1 Å². The highest BCUT2D eigenvalue weighted by Gasteiger charge is 2.11. The van der Waals surface area contributed by atoms with Gasteiger partial charge in [0.1, 0.15) is 0 Å². The number of hydrogen-bond donors (Lipinski definition) is 1. The van der Waals surface area contributed by atoms with E-state index in [4.69, 9.17) is 27.7 Å². The van der Waals surface area contributed by atoms with Gasteiger partial charge in [-0.05, 0) is 42.5 Å². The van der Waals surface area contributed by atoms with Crippen LogP contribution in [0.4, 0.5) is 5.69 Å². The highest BCUT2D eigenvalue weighted by atomic mass is 35.5. The molecular weight excluding hydrogens is 335 g/mol. The fourth-order valence-electron chi connectivity index (χ4n) is 2.08. The molecule has 2 aromatic carbocycles. The van der Waals surface area contributed by atoms with Crippen molar-refractivity contribution < 1.29 is 9.32 Å². The Kier molecular flexibility index (Phi) is 4.65. The Morgan fingerprint density at radius 3 is 2.57 bits per heavy atom. The van der Waals surface area contributed by atoms with Gasteiger partial charge in [0.2, 0.25) is 5.91 Å². The van der Waals surface area contributed by atoms with Crippen LogP contribution in [0.1, 0.15) is 5.69 Å². The number of carbonyl (C=O) groups is 1. The summed E-state index contributed by atoms with van der Waals surface area (Å²) in [7, 11) is 0. The molecule has 0 unspecified atom stereocenters. The van der Waals surface area contributed by atoms with Crippen LogP contribution < -0.4 is 5.32 Å². The minimum Gasteiger partial charge on any atom is -0.356 e. The fourth-order valence-corrected chi connectivity index (χ4v) is 2.40. The van der Waals surface area contributed by atoms with E-state index in [0.717, 1.165) is 5.56 Å². The van der Waals surface area contributed by atoms with E-state index in [0.29, 0.717) is 27.2 Å². The highest BCUT2D eigenvalue weighted by molar-refractivity contribution is 6.31. The first-order valence-corrected chi connectivity index (χ1v) is 7.63. The van der Waals surface area contributed by atoms with Crippen molar-refractivity contribution >= 4 is 34.8 Å². The van der Waals surface area contributed by atoms with Crippen molar-refractivity contribution in [1.29, 1.82) is 0 Å². The number of hydrogen-bond acceptors (Lipinski definition) is 3. The quantitative estimate of drug-likeness (QED) is 0.735. The first-order valence-electron chi connectivity index (χ1n) is 6.87. The molecular formula is C17H12Cl2N2O2. The molecule has 23 heavy (non-hydrogen) atoms. The Balaban J connectivity index is 1.66. The Morgan fingerprint density at radius 2 is 1.83 bits per heavy atom. The Hall–Kier alpha value is -2.30. The standard InChI is InChI=1S/C17H12Cl2N2O2/c18-12-6-4-11(5-7-12)16-9-15(21-23-16)10-17(22)20-14-3-1-2-13(19)8-14/h1-9H,10H2,(H,20,22). The lowest BCUT2D eigenvalue weighted by atomic mass is 10.1. The Morgan fingerprint density at radius 1 is 1.04 bits per heavy atom. The van der Waals surface area contributed by atoms with Crippen molar-refractivity contribution in [2.75, 3.05) is 5.32 Å². The highest BCUT2D eigenvalue weighted by Crippen LogP contribution is 2.22. The molecule has 0 saturated heterocycles. The maximum Gasteiger partial charge on any atom is 0.230 e. The average Bonchev–Trinajstić information content (AvgIpc) is 2.96. The van der Waals surface area contributed by atoms with Gasteiger partial charge in [-0.15, -0.1) is 0 Å². The molecule has 0 atom stereocenters. The van der Waals surface area contributed by atoms with Gasteiger partial charge in [-0.1, -0.05) is 34.4 Å². The predicted molar refractivity (Wildman–Crippen MR) is 90.7 cm³/mol. The van der Waals surface area contributed by atoms with E-state index in [-0.39, 0.29) is 12.3 Å². The smallest absolute Gasteiger partial charge is 0.230 e. The van der Waals surface area contributed by atoms with Gasteiger partial charge in [-0.3, -0.25) is 4.79 Å². The molecule has 0 aliphatic rings. The molecule has 6 heteroatoms. The van der Waals surface area contributed by atoms with Crippen molar-refractivity contribution in [3.8, 4) is 11.3 Å². The number of aromatic nitrogens is 1. The van der Waals surface area contributed by atoms with Gasteiger partial charge in [0, 0.05) is 27.4 Å². The topological polar surface area (TPSA) is 55.1 Å². The van der Waals surface area contributed by atoms with Crippen LogP contribution in [0.5, 0.6) is 0 Å². The van der Waals surface area contributed by atoms with Gasteiger partial charge in [-0.25, -0.2) is 0 Å². The number of benzene rings is 2. The Labute approximate surface area is 143 Å². The molecule has 1 amide bonds. The van der Waals surface area contributed by atoms with E-state index in [2.05, 4.69) is 10.5 Å². The lowest BCUT2D eigenvalue weighted by molar-refractivity contribution is -0.115. The van der Waals surface area contributed by atoms with Gasteiger partial charge < -0.3 is 9.84 Å². The largest absolute Gasteiger partial charge is 0.356 e. The van der Waals surface area contributed by atoms with Crippen molar-refractivity contribution in [2.24, 2.45) is 0 Å². The number of anilines is 1. The van der Waals surface area contributed by atoms with E-state index >= 15 is 0 Å². The normalized spacial score (nSPS) is 10.5. The zero-order valence-electron chi connectivity index (χ0n) is 11.9. The van der Waals surface area contributed by atoms with E-state index in [1.807, 2.05) is 12.1 Å². The molecule has 3 rings (SSSR count).